The summed E-state index contributed by atoms with van der Waals surface area (Å²) >= 11 is 5.38. The van der Waals surface area contributed by atoms with E-state index in [1.165, 1.54) is 12.1 Å². The summed E-state index contributed by atoms with van der Waals surface area (Å²) in [5.41, 5.74) is -0.0189. The zero-order valence-corrected chi connectivity index (χ0v) is 13.7. The zero-order valence-electron chi connectivity index (χ0n) is 9.96. The Labute approximate surface area is 136 Å². The van der Waals surface area contributed by atoms with Crippen molar-refractivity contribution in [3.05, 3.63) is 67.2 Å². The van der Waals surface area contributed by atoms with Gasteiger partial charge in [0, 0.05) is 13.6 Å². The molecule has 0 fully saturated rings. The first kappa shape index (κ1) is 15.8. The highest BCUT2D eigenvalue weighted by molar-refractivity contribution is 14.1. The number of hydrogen-bond acceptors (Lipinski definition) is 1. The van der Waals surface area contributed by atoms with Gasteiger partial charge in [-0.3, -0.25) is 0 Å². The first-order valence-corrected chi connectivity index (χ1v) is 7.46. The Morgan fingerprint density at radius 2 is 1.80 bits per heavy atom. The molecule has 2 aromatic carbocycles. The minimum absolute atomic E-state index is 0.211. The third-order valence-corrected chi connectivity index (χ3v) is 4.18. The molecule has 0 aromatic heterocycles. The van der Waals surface area contributed by atoms with Gasteiger partial charge in [-0.2, -0.15) is 13.2 Å². The van der Waals surface area contributed by atoms with Crippen LogP contribution in [0.4, 0.5) is 13.2 Å². The van der Waals surface area contributed by atoms with Crippen LogP contribution in [0.25, 0.3) is 0 Å². The first-order chi connectivity index (χ1) is 9.29. The van der Waals surface area contributed by atoms with E-state index in [0.29, 0.717) is 10.0 Å². The molecule has 0 aliphatic rings. The predicted molar refractivity (Wildman–Crippen MR) is 82.4 cm³/mol. The van der Waals surface area contributed by atoms with Gasteiger partial charge in [0.05, 0.1) is 5.56 Å². The van der Waals surface area contributed by atoms with E-state index in [2.05, 4.69) is 38.5 Å². The van der Waals surface area contributed by atoms with Gasteiger partial charge in [-0.05, 0) is 58.5 Å². The van der Waals surface area contributed by atoms with E-state index in [4.69, 9.17) is 0 Å². The summed E-state index contributed by atoms with van der Waals surface area (Å²) in [6.45, 7) is 0. The lowest BCUT2D eigenvalue weighted by molar-refractivity contribution is -0.137. The van der Waals surface area contributed by atoms with Crippen LogP contribution in [0.3, 0.4) is 0 Å². The van der Waals surface area contributed by atoms with Crippen molar-refractivity contribution in [2.75, 3.05) is 0 Å². The summed E-state index contributed by atoms with van der Waals surface area (Å²) in [4.78, 5) is 0. The minimum atomic E-state index is -4.42. The molecule has 0 bridgehead atoms. The van der Waals surface area contributed by atoms with E-state index >= 15 is 0 Å². The van der Waals surface area contributed by atoms with Crippen molar-refractivity contribution >= 4 is 38.5 Å². The van der Waals surface area contributed by atoms with E-state index in [0.717, 1.165) is 15.7 Å². The molecule has 0 amide bonds. The zero-order chi connectivity index (χ0) is 14.9. The molecule has 20 heavy (non-hydrogen) atoms. The van der Waals surface area contributed by atoms with Crippen molar-refractivity contribution in [2.45, 2.75) is 12.3 Å². The fourth-order valence-corrected chi connectivity index (χ4v) is 2.77. The molecular weight excluding hydrogens is 448 g/mol. The van der Waals surface area contributed by atoms with Crippen LogP contribution in [0.5, 0.6) is 0 Å². The summed E-state index contributed by atoms with van der Waals surface area (Å²) in [6.07, 6.45) is -5.53. The molecular formula is C14H9BrF3IO. The molecule has 1 atom stereocenters. The summed E-state index contributed by atoms with van der Waals surface area (Å²) < 4.78 is 39.6. The molecule has 0 heterocycles. The number of aliphatic hydroxyl groups excluding tert-OH is 1. The van der Waals surface area contributed by atoms with E-state index in [9.17, 15) is 18.3 Å². The van der Waals surface area contributed by atoms with Gasteiger partial charge in [-0.25, -0.2) is 0 Å². The average molecular weight is 457 g/mol. The molecule has 2 aromatic rings. The third-order valence-electron chi connectivity index (χ3n) is 2.78. The molecule has 2 rings (SSSR count). The Morgan fingerprint density at radius 3 is 2.45 bits per heavy atom. The van der Waals surface area contributed by atoms with Crippen LogP contribution in [0.1, 0.15) is 22.8 Å². The van der Waals surface area contributed by atoms with Gasteiger partial charge in [0.1, 0.15) is 6.10 Å². The summed E-state index contributed by atoms with van der Waals surface area (Å²) in [7, 11) is 0. The summed E-state index contributed by atoms with van der Waals surface area (Å²) in [5, 5.41) is 10.3. The highest BCUT2D eigenvalue weighted by Crippen LogP contribution is 2.34. The van der Waals surface area contributed by atoms with Crippen molar-refractivity contribution in [1.29, 1.82) is 0 Å². The maximum Gasteiger partial charge on any atom is 0.416 e. The SMILES string of the molecule is OC(c1cccc(C(F)(F)F)c1)c1cc(I)ccc1Br. The maximum absolute atomic E-state index is 12.7. The van der Waals surface area contributed by atoms with Gasteiger partial charge in [0.15, 0.2) is 0 Å². The van der Waals surface area contributed by atoms with E-state index in [1.54, 1.807) is 12.1 Å². The fourth-order valence-electron chi connectivity index (χ4n) is 1.79. The van der Waals surface area contributed by atoms with E-state index < -0.39 is 17.8 Å². The van der Waals surface area contributed by atoms with Gasteiger partial charge in [-0.15, -0.1) is 0 Å². The number of aliphatic hydroxyl groups is 1. The van der Waals surface area contributed by atoms with Gasteiger partial charge in [-0.1, -0.05) is 28.1 Å². The van der Waals surface area contributed by atoms with Gasteiger partial charge >= 0.3 is 6.18 Å². The van der Waals surface area contributed by atoms with Gasteiger partial charge < -0.3 is 5.11 Å². The predicted octanol–water partition coefficient (Wildman–Crippen LogP) is 5.15. The molecule has 6 heteroatoms. The largest absolute Gasteiger partial charge is 0.416 e. The summed E-state index contributed by atoms with van der Waals surface area (Å²) in [5.74, 6) is 0. The quantitative estimate of drug-likeness (QED) is 0.619. The Balaban J connectivity index is 2.43. The monoisotopic (exact) mass is 456 g/mol. The van der Waals surface area contributed by atoms with Crippen molar-refractivity contribution in [3.8, 4) is 0 Å². The van der Waals surface area contributed by atoms with E-state index in [-0.39, 0.29) is 5.56 Å². The Hall–Kier alpha value is -0.600. The Kier molecular flexibility index (Phi) is 4.76. The van der Waals surface area contributed by atoms with Crippen LogP contribution in [0.15, 0.2) is 46.9 Å². The second-order valence-corrected chi connectivity index (χ2v) is 6.29. The van der Waals surface area contributed by atoms with Crippen LogP contribution in [-0.2, 0) is 6.18 Å². The lowest BCUT2D eigenvalue weighted by Gasteiger charge is -2.15. The number of benzene rings is 2. The summed E-state index contributed by atoms with van der Waals surface area (Å²) in [6, 6.07) is 10.1. The van der Waals surface area contributed by atoms with Gasteiger partial charge in [0.25, 0.3) is 0 Å². The molecule has 0 spiro atoms. The van der Waals surface area contributed by atoms with Crippen molar-refractivity contribution in [1.82, 2.24) is 0 Å². The molecule has 0 saturated carbocycles. The number of hydrogen-bond donors (Lipinski definition) is 1. The number of alkyl halides is 3. The first-order valence-electron chi connectivity index (χ1n) is 5.59. The van der Waals surface area contributed by atoms with Crippen LogP contribution in [0.2, 0.25) is 0 Å². The van der Waals surface area contributed by atoms with E-state index in [1.807, 2.05) is 6.07 Å². The standard InChI is InChI=1S/C14H9BrF3IO/c15-12-5-4-10(19)7-11(12)13(20)8-2-1-3-9(6-8)14(16,17)18/h1-7,13,20H. The molecule has 0 aliphatic heterocycles. The topological polar surface area (TPSA) is 20.2 Å². The minimum Gasteiger partial charge on any atom is -0.384 e. The lowest BCUT2D eigenvalue weighted by Crippen LogP contribution is -2.07. The van der Waals surface area contributed by atoms with Crippen LogP contribution < -0.4 is 0 Å². The van der Waals surface area contributed by atoms with Crippen LogP contribution >= 0.6 is 38.5 Å². The van der Waals surface area contributed by atoms with Crippen LogP contribution in [-0.4, -0.2) is 5.11 Å². The fraction of sp³-hybridized carbons (Fsp3) is 0.143. The third kappa shape index (κ3) is 3.53. The normalized spacial score (nSPS) is 13.3. The molecule has 0 radical (unpaired) electrons. The van der Waals surface area contributed by atoms with Crippen molar-refractivity contribution in [2.24, 2.45) is 0 Å². The molecule has 1 nitrogen and oxygen atoms in total. The molecule has 0 saturated heterocycles. The average Bonchev–Trinajstić information content (AvgIpc) is 2.40. The Bertz CT molecular complexity index is 628. The lowest BCUT2D eigenvalue weighted by atomic mass is 9.99. The molecule has 0 aliphatic carbocycles. The number of rotatable bonds is 2. The number of halogens is 5. The molecule has 106 valence electrons. The smallest absolute Gasteiger partial charge is 0.384 e. The Morgan fingerprint density at radius 1 is 1.10 bits per heavy atom. The molecule has 1 N–H and O–H groups in total. The van der Waals surface area contributed by atoms with Gasteiger partial charge in [0.2, 0.25) is 0 Å². The second-order valence-electron chi connectivity index (χ2n) is 4.19. The highest BCUT2D eigenvalue weighted by Gasteiger charge is 2.31. The highest BCUT2D eigenvalue weighted by atomic mass is 127. The second kappa shape index (κ2) is 6.03. The molecule has 1 unspecified atom stereocenters. The van der Waals surface area contributed by atoms with Crippen molar-refractivity contribution < 1.29 is 18.3 Å². The van der Waals surface area contributed by atoms with Crippen molar-refractivity contribution in [3.63, 3.8) is 0 Å². The van der Waals surface area contributed by atoms with Crippen LogP contribution in [0, 0.1) is 3.57 Å². The maximum atomic E-state index is 12.7.